The molecule has 0 spiro atoms. The molecule has 1 aromatic carbocycles. The van der Waals surface area contributed by atoms with E-state index in [2.05, 4.69) is 10.3 Å². The normalized spacial score (nSPS) is 11.4. The number of aryl methyl sites for hydroxylation is 1. The quantitative estimate of drug-likeness (QED) is 0.652. The number of allylic oxidation sites excluding steroid dienone is 1. The van der Waals surface area contributed by atoms with Crippen LogP contribution in [0.4, 0.5) is 10.5 Å². The zero-order valence-electron chi connectivity index (χ0n) is 14.9. The topological polar surface area (TPSA) is 68.3 Å². The van der Waals surface area contributed by atoms with E-state index in [1.165, 1.54) is 6.08 Å². The summed E-state index contributed by atoms with van der Waals surface area (Å²) >= 11 is 0. The maximum Gasteiger partial charge on any atom is 0.412 e. The van der Waals surface area contributed by atoms with Crippen LogP contribution in [-0.2, 0) is 4.74 Å². The van der Waals surface area contributed by atoms with Gasteiger partial charge in [0.25, 0.3) is 0 Å². The van der Waals surface area contributed by atoms with Crippen molar-refractivity contribution in [1.29, 1.82) is 0 Å². The molecule has 1 heterocycles. The lowest BCUT2D eigenvalue weighted by Crippen LogP contribution is -2.27. The van der Waals surface area contributed by atoms with Gasteiger partial charge in [-0.25, -0.2) is 4.79 Å². The van der Waals surface area contributed by atoms with Crippen molar-refractivity contribution in [2.24, 2.45) is 0 Å². The summed E-state index contributed by atoms with van der Waals surface area (Å²) in [5.41, 5.74) is 2.21. The van der Waals surface area contributed by atoms with Crippen LogP contribution in [0.3, 0.4) is 0 Å². The number of carbonyl (C=O) groups excluding carboxylic acids is 2. The Bertz CT molecular complexity index is 787. The highest BCUT2D eigenvalue weighted by atomic mass is 16.6. The highest BCUT2D eigenvalue weighted by Gasteiger charge is 2.16. The molecule has 0 saturated heterocycles. The number of ketones is 1. The molecule has 0 aliphatic heterocycles. The summed E-state index contributed by atoms with van der Waals surface area (Å²) in [4.78, 5) is 28.0. The Kier molecular flexibility index (Phi) is 5.70. The maximum absolute atomic E-state index is 12.2. The van der Waals surface area contributed by atoms with Gasteiger partial charge in [0.15, 0.2) is 0 Å². The van der Waals surface area contributed by atoms with E-state index in [0.717, 1.165) is 11.1 Å². The van der Waals surface area contributed by atoms with Gasteiger partial charge in [-0.15, -0.1) is 0 Å². The fraction of sp³-hybridized carbons (Fsp3) is 0.250. The fourth-order valence-corrected chi connectivity index (χ4v) is 2.09. The molecule has 0 fully saturated rings. The zero-order chi connectivity index (χ0) is 18.4. The number of nitrogens with zero attached hydrogens (tertiary/aromatic N) is 1. The van der Waals surface area contributed by atoms with Gasteiger partial charge in [0.1, 0.15) is 11.3 Å². The maximum atomic E-state index is 12.2. The van der Waals surface area contributed by atoms with Crippen LogP contribution in [0.1, 0.15) is 42.4 Å². The van der Waals surface area contributed by atoms with Crippen LogP contribution in [0.5, 0.6) is 0 Å². The van der Waals surface area contributed by atoms with Gasteiger partial charge in [0.2, 0.25) is 5.78 Å². The van der Waals surface area contributed by atoms with Gasteiger partial charge in [0, 0.05) is 11.9 Å². The molecule has 5 nitrogen and oxygen atoms in total. The predicted molar refractivity (Wildman–Crippen MR) is 98.6 cm³/mol. The van der Waals surface area contributed by atoms with Crippen LogP contribution in [0.15, 0.2) is 48.7 Å². The molecule has 130 valence electrons. The number of rotatable bonds is 4. The van der Waals surface area contributed by atoms with E-state index in [1.807, 2.05) is 25.1 Å². The van der Waals surface area contributed by atoms with Crippen molar-refractivity contribution in [3.63, 3.8) is 0 Å². The molecular weight excluding hydrogens is 316 g/mol. The third-order valence-electron chi connectivity index (χ3n) is 3.23. The third-order valence-corrected chi connectivity index (χ3v) is 3.23. The van der Waals surface area contributed by atoms with Crippen molar-refractivity contribution < 1.29 is 14.3 Å². The summed E-state index contributed by atoms with van der Waals surface area (Å²) in [6.45, 7) is 7.27. The number of anilines is 1. The lowest BCUT2D eigenvalue weighted by atomic mass is 10.1. The number of hydrogen-bond donors (Lipinski definition) is 1. The summed E-state index contributed by atoms with van der Waals surface area (Å²) < 4.78 is 5.20. The Labute approximate surface area is 147 Å². The van der Waals surface area contributed by atoms with Crippen molar-refractivity contribution in [3.8, 4) is 0 Å². The first-order chi connectivity index (χ1) is 11.7. The van der Waals surface area contributed by atoms with E-state index in [9.17, 15) is 9.59 Å². The van der Waals surface area contributed by atoms with Gasteiger partial charge >= 0.3 is 6.09 Å². The van der Waals surface area contributed by atoms with Gasteiger partial charge in [-0.05, 0) is 63.1 Å². The molecule has 0 bridgehead atoms. The average molecular weight is 338 g/mol. The molecular formula is C20H22N2O3. The molecule has 5 heteroatoms. The number of amides is 1. The van der Waals surface area contributed by atoms with Crippen molar-refractivity contribution in [1.82, 2.24) is 4.98 Å². The number of hydrogen-bond acceptors (Lipinski definition) is 4. The molecule has 0 unspecified atom stereocenters. The lowest BCUT2D eigenvalue weighted by Gasteiger charge is -2.19. The summed E-state index contributed by atoms with van der Waals surface area (Å²) in [7, 11) is 0. The number of aromatic nitrogens is 1. The number of carbonyl (C=O) groups is 2. The van der Waals surface area contributed by atoms with Crippen molar-refractivity contribution in [2.75, 3.05) is 5.32 Å². The minimum Gasteiger partial charge on any atom is -0.444 e. The van der Waals surface area contributed by atoms with Gasteiger partial charge < -0.3 is 4.74 Å². The van der Waals surface area contributed by atoms with Crippen molar-refractivity contribution >= 4 is 23.6 Å². The highest BCUT2D eigenvalue weighted by Crippen LogP contribution is 2.14. The largest absolute Gasteiger partial charge is 0.444 e. The molecule has 0 atom stereocenters. The lowest BCUT2D eigenvalue weighted by molar-refractivity contribution is 0.0635. The second kappa shape index (κ2) is 7.75. The molecule has 1 aromatic heterocycles. The minimum atomic E-state index is -0.545. The smallest absolute Gasteiger partial charge is 0.412 e. The molecule has 0 aliphatic rings. The second-order valence-corrected chi connectivity index (χ2v) is 6.62. The summed E-state index contributed by atoms with van der Waals surface area (Å²) in [5.74, 6) is -0.144. The molecule has 2 aromatic rings. The van der Waals surface area contributed by atoms with Crippen molar-refractivity contribution in [2.45, 2.75) is 33.3 Å². The first-order valence-electron chi connectivity index (χ1n) is 7.99. The highest BCUT2D eigenvalue weighted by molar-refractivity contribution is 6.06. The average Bonchev–Trinajstić information content (AvgIpc) is 2.52. The Morgan fingerprint density at radius 3 is 2.40 bits per heavy atom. The van der Waals surface area contributed by atoms with Gasteiger partial charge in [-0.2, -0.15) is 0 Å². The first kappa shape index (κ1) is 18.4. The van der Waals surface area contributed by atoms with Crippen LogP contribution < -0.4 is 5.32 Å². The minimum absolute atomic E-state index is 0.144. The molecule has 2 rings (SSSR count). The van der Waals surface area contributed by atoms with E-state index in [-0.39, 0.29) is 5.78 Å². The number of pyridine rings is 1. The molecule has 25 heavy (non-hydrogen) atoms. The standard InChI is InChI=1S/C20H22N2O3/c1-14-6-5-13-21-18(14)17(23)12-9-15-7-10-16(11-8-15)22-19(24)25-20(2,3)4/h5-13H,1-4H3,(H,22,24)/b12-9+. The van der Waals surface area contributed by atoms with E-state index in [4.69, 9.17) is 4.74 Å². The Morgan fingerprint density at radius 1 is 1.12 bits per heavy atom. The number of benzene rings is 1. The van der Waals surface area contributed by atoms with Crippen LogP contribution in [0, 0.1) is 6.92 Å². The number of ether oxygens (including phenoxy) is 1. The van der Waals surface area contributed by atoms with Crippen LogP contribution >= 0.6 is 0 Å². The molecule has 0 saturated carbocycles. The summed E-state index contributed by atoms with van der Waals surface area (Å²) in [5, 5.41) is 2.66. The Hall–Kier alpha value is -2.95. The predicted octanol–water partition coefficient (Wildman–Crippen LogP) is 4.63. The van der Waals surface area contributed by atoms with E-state index in [0.29, 0.717) is 11.4 Å². The van der Waals surface area contributed by atoms with Crippen LogP contribution in [-0.4, -0.2) is 22.5 Å². The summed E-state index contributed by atoms with van der Waals surface area (Å²) in [6.07, 6.45) is 4.31. The third kappa shape index (κ3) is 5.88. The first-order valence-corrected chi connectivity index (χ1v) is 7.99. The van der Waals surface area contributed by atoms with Crippen LogP contribution in [0.25, 0.3) is 6.08 Å². The molecule has 1 N–H and O–H groups in total. The number of nitrogens with one attached hydrogen (secondary N) is 1. The Morgan fingerprint density at radius 2 is 1.80 bits per heavy atom. The Balaban J connectivity index is 1.99. The van der Waals surface area contributed by atoms with Gasteiger partial charge in [0.05, 0.1) is 0 Å². The fourth-order valence-electron chi connectivity index (χ4n) is 2.09. The van der Waals surface area contributed by atoms with Crippen molar-refractivity contribution in [3.05, 3.63) is 65.5 Å². The van der Waals surface area contributed by atoms with Gasteiger partial charge in [-0.1, -0.05) is 24.3 Å². The van der Waals surface area contributed by atoms with Crippen LogP contribution in [0.2, 0.25) is 0 Å². The molecule has 0 aliphatic carbocycles. The van der Waals surface area contributed by atoms with E-state index in [1.54, 1.807) is 51.2 Å². The molecule has 0 radical (unpaired) electrons. The summed E-state index contributed by atoms with van der Waals surface area (Å²) in [6, 6.07) is 10.8. The SMILES string of the molecule is Cc1cccnc1C(=O)/C=C/c1ccc(NC(=O)OC(C)(C)C)cc1. The van der Waals surface area contributed by atoms with Gasteiger partial charge in [-0.3, -0.25) is 15.1 Å². The second-order valence-electron chi connectivity index (χ2n) is 6.62. The zero-order valence-corrected chi connectivity index (χ0v) is 14.9. The molecule has 1 amide bonds. The van der Waals surface area contributed by atoms with E-state index < -0.39 is 11.7 Å². The van der Waals surface area contributed by atoms with E-state index >= 15 is 0 Å². The monoisotopic (exact) mass is 338 g/mol.